The van der Waals surface area contributed by atoms with Crippen LogP contribution in [0.5, 0.6) is 0 Å². The molecular formula is C18H23FN2. The van der Waals surface area contributed by atoms with E-state index in [-0.39, 0.29) is 11.9 Å². The molecular weight excluding hydrogens is 263 g/mol. The highest BCUT2D eigenvalue weighted by molar-refractivity contribution is 5.22. The van der Waals surface area contributed by atoms with Crippen molar-refractivity contribution in [3.63, 3.8) is 0 Å². The second-order valence-corrected chi connectivity index (χ2v) is 5.64. The van der Waals surface area contributed by atoms with Gasteiger partial charge in [0.1, 0.15) is 5.82 Å². The van der Waals surface area contributed by atoms with E-state index >= 15 is 0 Å². The van der Waals surface area contributed by atoms with Crippen molar-refractivity contribution in [3.05, 3.63) is 71.0 Å². The van der Waals surface area contributed by atoms with Gasteiger partial charge in [0.2, 0.25) is 0 Å². The standard InChI is InChI=1S/C18H23FN2/c1-14-6-5-7-15(12-14)13-21(2)11-10-18(20)16-8-3-4-9-17(16)19/h3-9,12,18H,10-11,13,20H2,1-2H3. The van der Waals surface area contributed by atoms with Crippen molar-refractivity contribution in [2.45, 2.75) is 25.9 Å². The molecule has 2 nitrogen and oxygen atoms in total. The Balaban J connectivity index is 1.86. The lowest BCUT2D eigenvalue weighted by atomic mass is 10.0. The predicted octanol–water partition coefficient (Wildman–Crippen LogP) is 3.66. The molecule has 0 aliphatic rings. The summed E-state index contributed by atoms with van der Waals surface area (Å²) in [7, 11) is 2.07. The van der Waals surface area contributed by atoms with E-state index in [2.05, 4.69) is 43.1 Å². The molecule has 0 aromatic heterocycles. The van der Waals surface area contributed by atoms with E-state index in [4.69, 9.17) is 5.73 Å². The Hall–Kier alpha value is -1.71. The fourth-order valence-electron chi connectivity index (χ4n) is 2.49. The van der Waals surface area contributed by atoms with Crippen LogP contribution in [0.3, 0.4) is 0 Å². The number of aryl methyl sites for hydroxylation is 1. The Kier molecular flexibility index (Phi) is 5.48. The molecule has 2 rings (SSSR count). The third-order valence-corrected chi connectivity index (χ3v) is 3.66. The van der Waals surface area contributed by atoms with Crippen molar-refractivity contribution < 1.29 is 4.39 Å². The molecule has 1 atom stereocenters. The van der Waals surface area contributed by atoms with E-state index in [1.54, 1.807) is 12.1 Å². The highest BCUT2D eigenvalue weighted by Crippen LogP contribution is 2.18. The average Bonchev–Trinajstić information content (AvgIpc) is 2.45. The second-order valence-electron chi connectivity index (χ2n) is 5.64. The van der Waals surface area contributed by atoms with E-state index in [0.29, 0.717) is 5.56 Å². The Bertz CT molecular complexity index is 583. The topological polar surface area (TPSA) is 29.3 Å². The van der Waals surface area contributed by atoms with Crippen LogP contribution in [0, 0.1) is 12.7 Å². The maximum Gasteiger partial charge on any atom is 0.127 e. The first-order valence-electron chi connectivity index (χ1n) is 7.30. The average molecular weight is 286 g/mol. The van der Waals surface area contributed by atoms with Crippen LogP contribution in [-0.4, -0.2) is 18.5 Å². The molecule has 0 saturated carbocycles. The van der Waals surface area contributed by atoms with Crippen molar-refractivity contribution in [2.24, 2.45) is 5.73 Å². The fourth-order valence-corrected chi connectivity index (χ4v) is 2.49. The van der Waals surface area contributed by atoms with Crippen LogP contribution in [0.4, 0.5) is 4.39 Å². The van der Waals surface area contributed by atoms with Gasteiger partial charge in [0.15, 0.2) is 0 Å². The van der Waals surface area contributed by atoms with Crippen molar-refractivity contribution >= 4 is 0 Å². The summed E-state index contributed by atoms with van der Waals surface area (Å²) < 4.78 is 13.7. The lowest BCUT2D eigenvalue weighted by Crippen LogP contribution is -2.24. The van der Waals surface area contributed by atoms with Crippen molar-refractivity contribution in [1.29, 1.82) is 0 Å². The van der Waals surface area contributed by atoms with Gasteiger partial charge in [-0.1, -0.05) is 48.0 Å². The van der Waals surface area contributed by atoms with Gasteiger partial charge in [0, 0.05) is 18.2 Å². The molecule has 0 fully saturated rings. The molecule has 21 heavy (non-hydrogen) atoms. The number of halogens is 1. The highest BCUT2D eigenvalue weighted by Gasteiger charge is 2.11. The first-order chi connectivity index (χ1) is 10.1. The smallest absolute Gasteiger partial charge is 0.127 e. The zero-order chi connectivity index (χ0) is 15.2. The minimum atomic E-state index is -0.258. The summed E-state index contributed by atoms with van der Waals surface area (Å²) in [4.78, 5) is 2.22. The minimum absolute atomic E-state index is 0.216. The molecule has 0 spiro atoms. The molecule has 0 aliphatic carbocycles. The lowest BCUT2D eigenvalue weighted by molar-refractivity contribution is 0.310. The summed E-state index contributed by atoms with van der Waals surface area (Å²) in [5.41, 5.74) is 9.25. The zero-order valence-electron chi connectivity index (χ0n) is 12.7. The lowest BCUT2D eigenvalue weighted by Gasteiger charge is -2.20. The number of benzene rings is 2. The second kappa shape index (κ2) is 7.34. The van der Waals surface area contributed by atoms with Crippen LogP contribution in [0.15, 0.2) is 48.5 Å². The van der Waals surface area contributed by atoms with Gasteiger partial charge in [-0.15, -0.1) is 0 Å². The number of hydrogen-bond donors (Lipinski definition) is 1. The van der Waals surface area contributed by atoms with E-state index in [0.717, 1.165) is 19.5 Å². The third kappa shape index (κ3) is 4.66. The van der Waals surface area contributed by atoms with Crippen molar-refractivity contribution in [2.75, 3.05) is 13.6 Å². The van der Waals surface area contributed by atoms with Gasteiger partial charge in [-0.05, 0) is 38.6 Å². The van der Waals surface area contributed by atoms with Crippen LogP contribution in [0.25, 0.3) is 0 Å². The molecule has 2 aromatic rings. The summed E-state index contributed by atoms with van der Waals surface area (Å²) >= 11 is 0. The molecule has 2 N–H and O–H groups in total. The molecule has 0 radical (unpaired) electrons. The zero-order valence-corrected chi connectivity index (χ0v) is 12.7. The summed E-state index contributed by atoms with van der Waals surface area (Å²) in [6, 6.07) is 15.0. The summed E-state index contributed by atoms with van der Waals surface area (Å²) in [6.07, 6.45) is 0.739. The Morgan fingerprint density at radius 3 is 2.62 bits per heavy atom. The molecule has 0 bridgehead atoms. The number of nitrogens with two attached hydrogens (primary N) is 1. The summed E-state index contributed by atoms with van der Waals surface area (Å²) in [5.74, 6) is -0.216. The molecule has 1 unspecified atom stereocenters. The summed E-state index contributed by atoms with van der Waals surface area (Å²) in [6.45, 7) is 3.81. The van der Waals surface area contributed by atoms with E-state index in [9.17, 15) is 4.39 Å². The van der Waals surface area contributed by atoms with E-state index < -0.39 is 0 Å². The largest absolute Gasteiger partial charge is 0.324 e. The van der Waals surface area contributed by atoms with E-state index in [1.165, 1.54) is 17.2 Å². The summed E-state index contributed by atoms with van der Waals surface area (Å²) in [5, 5.41) is 0. The maximum absolute atomic E-state index is 13.7. The van der Waals surface area contributed by atoms with Crippen molar-refractivity contribution in [1.82, 2.24) is 4.90 Å². The molecule has 0 amide bonds. The quantitative estimate of drug-likeness (QED) is 0.878. The van der Waals surface area contributed by atoms with Crippen LogP contribution in [0.2, 0.25) is 0 Å². The first kappa shape index (κ1) is 15.7. The molecule has 2 aromatic carbocycles. The van der Waals surface area contributed by atoms with Gasteiger partial charge in [-0.25, -0.2) is 4.39 Å². The van der Waals surface area contributed by atoms with Gasteiger partial charge in [-0.2, -0.15) is 0 Å². The van der Waals surface area contributed by atoms with Crippen LogP contribution < -0.4 is 5.73 Å². The number of nitrogens with zero attached hydrogens (tertiary/aromatic N) is 1. The first-order valence-corrected chi connectivity index (χ1v) is 7.30. The molecule has 3 heteroatoms. The van der Waals surface area contributed by atoms with Crippen LogP contribution in [0.1, 0.15) is 29.2 Å². The number of rotatable bonds is 6. The third-order valence-electron chi connectivity index (χ3n) is 3.66. The normalized spacial score (nSPS) is 12.6. The monoisotopic (exact) mass is 286 g/mol. The molecule has 0 aliphatic heterocycles. The highest BCUT2D eigenvalue weighted by atomic mass is 19.1. The number of hydrogen-bond acceptors (Lipinski definition) is 2. The van der Waals surface area contributed by atoms with Gasteiger partial charge < -0.3 is 10.6 Å². The minimum Gasteiger partial charge on any atom is -0.324 e. The molecule has 0 heterocycles. The Morgan fingerprint density at radius 2 is 1.90 bits per heavy atom. The fraction of sp³-hybridized carbons (Fsp3) is 0.333. The van der Waals surface area contributed by atoms with Gasteiger partial charge in [-0.3, -0.25) is 0 Å². The predicted molar refractivity (Wildman–Crippen MR) is 85.5 cm³/mol. The van der Waals surface area contributed by atoms with Gasteiger partial charge in [0.25, 0.3) is 0 Å². The van der Waals surface area contributed by atoms with Gasteiger partial charge in [0.05, 0.1) is 0 Å². The maximum atomic E-state index is 13.7. The van der Waals surface area contributed by atoms with Crippen LogP contribution >= 0.6 is 0 Å². The van der Waals surface area contributed by atoms with Crippen molar-refractivity contribution in [3.8, 4) is 0 Å². The Labute approximate surface area is 126 Å². The Morgan fingerprint density at radius 1 is 1.14 bits per heavy atom. The van der Waals surface area contributed by atoms with Gasteiger partial charge >= 0.3 is 0 Å². The molecule has 112 valence electrons. The van der Waals surface area contributed by atoms with Crippen LogP contribution in [-0.2, 0) is 6.54 Å². The molecule has 0 saturated heterocycles. The van der Waals surface area contributed by atoms with E-state index in [1.807, 2.05) is 6.07 Å². The SMILES string of the molecule is Cc1cccc(CN(C)CCC(N)c2ccccc2F)c1.